The standard InChI is InChI=1S/C17H27NO2/c1-14-8-15(2)10-18(9-14)11-17(19)13-20-12-16-6-4-3-5-7-16/h3-7,14-15,17,19H,8-13H2,1-2H3/t14-,15+,17-/m1/s1. The van der Waals surface area contributed by atoms with Gasteiger partial charge in [-0.3, -0.25) is 0 Å². The van der Waals surface area contributed by atoms with Crippen molar-refractivity contribution in [2.24, 2.45) is 11.8 Å². The van der Waals surface area contributed by atoms with E-state index >= 15 is 0 Å². The number of nitrogens with zero attached hydrogens (tertiary/aromatic N) is 1. The van der Waals surface area contributed by atoms with Crippen LogP contribution in [0.4, 0.5) is 0 Å². The first kappa shape index (κ1) is 15.5. The molecule has 0 bridgehead atoms. The maximum absolute atomic E-state index is 10.1. The van der Waals surface area contributed by atoms with E-state index in [4.69, 9.17) is 4.74 Å². The molecule has 1 heterocycles. The van der Waals surface area contributed by atoms with E-state index in [9.17, 15) is 5.11 Å². The summed E-state index contributed by atoms with van der Waals surface area (Å²) in [6.45, 7) is 8.49. The average Bonchev–Trinajstić information content (AvgIpc) is 2.38. The van der Waals surface area contributed by atoms with Gasteiger partial charge in [-0.2, -0.15) is 0 Å². The van der Waals surface area contributed by atoms with Crippen molar-refractivity contribution in [2.75, 3.05) is 26.2 Å². The third-order valence-corrected chi connectivity index (χ3v) is 3.84. The average molecular weight is 277 g/mol. The van der Waals surface area contributed by atoms with Gasteiger partial charge >= 0.3 is 0 Å². The Bertz CT molecular complexity index is 372. The number of piperidine rings is 1. The fourth-order valence-corrected chi connectivity index (χ4v) is 3.18. The highest BCUT2D eigenvalue weighted by Gasteiger charge is 2.23. The molecule has 3 heteroatoms. The van der Waals surface area contributed by atoms with Crippen LogP contribution < -0.4 is 0 Å². The van der Waals surface area contributed by atoms with Crippen LogP contribution in [0, 0.1) is 11.8 Å². The maximum atomic E-state index is 10.1. The Hall–Kier alpha value is -0.900. The molecule has 0 radical (unpaired) electrons. The minimum absolute atomic E-state index is 0.392. The Morgan fingerprint density at radius 3 is 2.50 bits per heavy atom. The van der Waals surface area contributed by atoms with Crippen LogP contribution in [-0.4, -0.2) is 42.4 Å². The first-order chi connectivity index (χ1) is 9.63. The maximum Gasteiger partial charge on any atom is 0.0900 e. The van der Waals surface area contributed by atoms with E-state index in [1.165, 1.54) is 6.42 Å². The molecule has 1 N–H and O–H groups in total. The van der Waals surface area contributed by atoms with E-state index in [1.54, 1.807) is 0 Å². The second kappa shape index (κ2) is 7.77. The molecule has 112 valence electrons. The molecule has 20 heavy (non-hydrogen) atoms. The van der Waals surface area contributed by atoms with E-state index in [0.29, 0.717) is 13.2 Å². The number of aliphatic hydroxyl groups excluding tert-OH is 1. The van der Waals surface area contributed by atoms with Crippen molar-refractivity contribution in [3.05, 3.63) is 35.9 Å². The van der Waals surface area contributed by atoms with Crippen molar-refractivity contribution in [3.63, 3.8) is 0 Å². The summed E-state index contributed by atoms with van der Waals surface area (Å²) in [6.07, 6.45) is 0.910. The van der Waals surface area contributed by atoms with Crippen LogP contribution in [0.25, 0.3) is 0 Å². The molecule has 1 aromatic rings. The third-order valence-electron chi connectivity index (χ3n) is 3.84. The highest BCUT2D eigenvalue weighted by molar-refractivity contribution is 5.13. The molecule has 0 saturated carbocycles. The third kappa shape index (κ3) is 5.23. The predicted molar refractivity (Wildman–Crippen MR) is 81.5 cm³/mol. The van der Waals surface area contributed by atoms with Crippen molar-refractivity contribution in [1.29, 1.82) is 0 Å². The lowest BCUT2D eigenvalue weighted by molar-refractivity contribution is -0.000893. The zero-order valence-electron chi connectivity index (χ0n) is 12.7. The molecule has 1 aliphatic rings. The van der Waals surface area contributed by atoms with Gasteiger partial charge < -0.3 is 14.7 Å². The van der Waals surface area contributed by atoms with Gasteiger partial charge in [0.25, 0.3) is 0 Å². The second-order valence-electron chi connectivity index (χ2n) is 6.32. The van der Waals surface area contributed by atoms with E-state index in [-0.39, 0.29) is 0 Å². The highest BCUT2D eigenvalue weighted by atomic mass is 16.5. The molecule has 3 nitrogen and oxygen atoms in total. The van der Waals surface area contributed by atoms with E-state index < -0.39 is 6.10 Å². The van der Waals surface area contributed by atoms with E-state index in [1.807, 2.05) is 30.3 Å². The molecule has 1 aliphatic heterocycles. The molecule has 0 aromatic heterocycles. The SMILES string of the molecule is C[C@@H]1C[C@H](C)CN(C[C@@H](O)COCc2ccccc2)C1. The van der Waals surface area contributed by atoms with E-state index in [2.05, 4.69) is 18.7 Å². The van der Waals surface area contributed by atoms with Gasteiger partial charge in [0.1, 0.15) is 0 Å². The van der Waals surface area contributed by atoms with Gasteiger partial charge in [0.15, 0.2) is 0 Å². The van der Waals surface area contributed by atoms with Crippen molar-refractivity contribution in [2.45, 2.75) is 33.0 Å². The normalized spacial score (nSPS) is 25.6. The lowest BCUT2D eigenvalue weighted by Gasteiger charge is -2.35. The van der Waals surface area contributed by atoms with Crippen molar-refractivity contribution < 1.29 is 9.84 Å². The summed E-state index contributed by atoms with van der Waals surface area (Å²) in [5.74, 6) is 1.47. The number of likely N-dealkylation sites (tertiary alicyclic amines) is 1. The molecule has 0 aliphatic carbocycles. The summed E-state index contributed by atoms with van der Waals surface area (Å²) in [5, 5.41) is 10.1. The Morgan fingerprint density at radius 1 is 1.20 bits per heavy atom. The Kier molecular flexibility index (Phi) is 6.02. The van der Waals surface area contributed by atoms with Crippen LogP contribution in [0.2, 0.25) is 0 Å². The van der Waals surface area contributed by atoms with Gasteiger partial charge in [-0.05, 0) is 23.8 Å². The zero-order chi connectivity index (χ0) is 14.4. The van der Waals surface area contributed by atoms with Crippen LogP contribution in [0.3, 0.4) is 0 Å². The number of ether oxygens (including phenoxy) is 1. The van der Waals surface area contributed by atoms with Gasteiger partial charge in [0.05, 0.1) is 19.3 Å². The minimum atomic E-state index is -0.392. The predicted octanol–water partition coefficient (Wildman–Crippen LogP) is 2.54. The van der Waals surface area contributed by atoms with Gasteiger partial charge in [-0.15, -0.1) is 0 Å². The Balaban J connectivity index is 1.66. The van der Waals surface area contributed by atoms with E-state index in [0.717, 1.165) is 37.0 Å². The monoisotopic (exact) mass is 277 g/mol. The molecule has 2 rings (SSSR count). The van der Waals surface area contributed by atoms with Crippen LogP contribution >= 0.6 is 0 Å². The summed E-state index contributed by atoms with van der Waals surface area (Å²) >= 11 is 0. The number of hydrogen-bond acceptors (Lipinski definition) is 3. The van der Waals surface area contributed by atoms with Crippen LogP contribution in [0.15, 0.2) is 30.3 Å². The van der Waals surface area contributed by atoms with Crippen molar-refractivity contribution >= 4 is 0 Å². The zero-order valence-corrected chi connectivity index (χ0v) is 12.7. The van der Waals surface area contributed by atoms with Gasteiger partial charge in [0.2, 0.25) is 0 Å². The Labute approximate surface area is 122 Å². The summed E-state index contributed by atoms with van der Waals surface area (Å²) in [6, 6.07) is 10.1. The topological polar surface area (TPSA) is 32.7 Å². The molecule has 1 fully saturated rings. The Morgan fingerprint density at radius 2 is 1.85 bits per heavy atom. The summed E-state index contributed by atoms with van der Waals surface area (Å²) < 4.78 is 5.60. The van der Waals surface area contributed by atoms with Crippen LogP contribution in [-0.2, 0) is 11.3 Å². The first-order valence-corrected chi connectivity index (χ1v) is 7.65. The van der Waals surface area contributed by atoms with Crippen LogP contribution in [0.1, 0.15) is 25.8 Å². The van der Waals surface area contributed by atoms with Crippen molar-refractivity contribution in [3.8, 4) is 0 Å². The smallest absolute Gasteiger partial charge is 0.0900 e. The molecule has 0 spiro atoms. The van der Waals surface area contributed by atoms with Crippen molar-refractivity contribution in [1.82, 2.24) is 4.90 Å². The fraction of sp³-hybridized carbons (Fsp3) is 0.647. The summed E-state index contributed by atoms with van der Waals surface area (Å²) in [5.41, 5.74) is 1.15. The molecular weight excluding hydrogens is 250 g/mol. The highest BCUT2D eigenvalue weighted by Crippen LogP contribution is 2.20. The number of β-amino-alcohol motifs (C(OH)–C–C–N with tert-alkyl or cyclic N) is 1. The molecule has 0 unspecified atom stereocenters. The largest absolute Gasteiger partial charge is 0.389 e. The van der Waals surface area contributed by atoms with Gasteiger partial charge in [-0.25, -0.2) is 0 Å². The summed E-state index contributed by atoms with van der Waals surface area (Å²) in [7, 11) is 0. The number of hydrogen-bond donors (Lipinski definition) is 1. The number of rotatable bonds is 6. The summed E-state index contributed by atoms with van der Waals surface area (Å²) in [4.78, 5) is 2.37. The lowest BCUT2D eigenvalue weighted by Crippen LogP contribution is -2.43. The first-order valence-electron chi connectivity index (χ1n) is 7.65. The quantitative estimate of drug-likeness (QED) is 0.867. The number of aliphatic hydroxyl groups is 1. The molecule has 1 saturated heterocycles. The fourth-order valence-electron chi connectivity index (χ4n) is 3.18. The second-order valence-corrected chi connectivity index (χ2v) is 6.32. The number of benzene rings is 1. The molecule has 3 atom stereocenters. The lowest BCUT2D eigenvalue weighted by atomic mass is 9.92. The molecule has 0 amide bonds. The minimum Gasteiger partial charge on any atom is -0.389 e. The molecule has 1 aromatic carbocycles. The van der Waals surface area contributed by atoms with Gasteiger partial charge in [0, 0.05) is 19.6 Å². The van der Waals surface area contributed by atoms with Gasteiger partial charge in [-0.1, -0.05) is 44.2 Å². The molecular formula is C17H27NO2. The van der Waals surface area contributed by atoms with Crippen LogP contribution in [0.5, 0.6) is 0 Å².